The number of amides is 1. The Morgan fingerprint density at radius 2 is 2.08 bits per heavy atom. The van der Waals surface area contributed by atoms with E-state index in [1.165, 1.54) is 6.08 Å². The van der Waals surface area contributed by atoms with Gasteiger partial charge in [0.2, 0.25) is 5.91 Å². The van der Waals surface area contributed by atoms with Crippen molar-refractivity contribution < 1.29 is 23.8 Å². The lowest BCUT2D eigenvalue weighted by Crippen LogP contribution is -2.51. The van der Waals surface area contributed by atoms with Crippen molar-refractivity contribution in [2.24, 2.45) is 5.92 Å². The second kappa shape index (κ2) is 7.04. The number of likely N-dealkylation sites (tertiary alicyclic amines) is 1. The van der Waals surface area contributed by atoms with E-state index in [2.05, 4.69) is 6.92 Å². The molecule has 1 aliphatic heterocycles. The van der Waals surface area contributed by atoms with Gasteiger partial charge in [-0.25, -0.2) is 4.79 Å². The van der Waals surface area contributed by atoms with Crippen molar-refractivity contribution in [2.45, 2.75) is 44.6 Å². The predicted octanol–water partition coefficient (Wildman–Crippen LogP) is 2.33. The number of nitrogens with zero attached hydrogens (tertiary/aromatic N) is 1. The largest absolute Gasteiger partial charge is 0.464 e. The second-order valence-corrected chi connectivity index (χ2v) is 6.97. The molecule has 2 aliphatic rings. The number of carbonyl (C=O) groups excluding carboxylic acids is 2. The van der Waals surface area contributed by atoms with Gasteiger partial charge in [0.25, 0.3) is 0 Å². The average Bonchev–Trinajstić information content (AvgIpc) is 3.14. The van der Waals surface area contributed by atoms with Crippen LogP contribution in [-0.4, -0.2) is 47.2 Å². The number of furan rings is 1. The summed E-state index contributed by atoms with van der Waals surface area (Å²) in [5.74, 6) is 2.09. The van der Waals surface area contributed by atoms with Crippen molar-refractivity contribution in [1.82, 2.24) is 4.90 Å². The highest BCUT2D eigenvalue weighted by atomic mass is 16.5. The summed E-state index contributed by atoms with van der Waals surface area (Å²) in [6, 6.07) is 3.85. The zero-order chi connectivity index (χ0) is 18.0. The van der Waals surface area contributed by atoms with E-state index < -0.39 is 11.6 Å². The Labute approximate surface area is 147 Å². The van der Waals surface area contributed by atoms with Crippen molar-refractivity contribution in [3.63, 3.8) is 0 Å². The van der Waals surface area contributed by atoms with Crippen LogP contribution >= 0.6 is 0 Å². The second-order valence-electron chi connectivity index (χ2n) is 6.97. The normalized spacial score (nSPS) is 25.2. The first-order valence-corrected chi connectivity index (χ1v) is 8.89. The number of ether oxygens (including phenoxy) is 1. The highest BCUT2D eigenvalue weighted by Gasteiger charge is 2.41. The molecule has 1 aliphatic carbocycles. The molecular formula is C19H25NO5. The number of hydrogen-bond acceptors (Lipinski definition) is 5. The standard InChI is InChI=1S/C19H25NO5/c1-3-24-18(22)19(23)8-10-20(11-9-19)17(21)7-5-14-4-6-16(25-14)15-12-13(15)2/h4-7,13,15,23H,3,8-12H2,1-2H3/b7-5-/t13-,15+/m0/s1. The molecule has 1 saturated carbocycles. The maximum atomic E-state index is 12.3. The smallest absolute Gasteiger partial charge is 0.338 e. The van der Waals surface area contributed by atoms with E-state index in [-0.39, 0.29) is 25.4 Å². The Bertz CT molecular complexity index is 669. The molecule has 1 N–H and O–H groups in total. The van der Waals surface area contributed by atoms with Gasteiger partial charge in [-0.3, -0.25) is 4.79 Å². The van der Waals surface area contributed by atoms with E-state index in [9.17, 15) is 14.7 Å². The first-order valence-electron chi connectivity index (χ1n) is 8.89. The summed E-state index contributed by atoms with van der Waals surface area (Å²) in [6.07, 6.45) is 4.69. The molecule has 6 heteroatoms. The van der Waals surface area contributed by atoms with Gasteiger partial charge in [0, 0.05) is 37.9 Å². The summed E-state index contributed by atoms with van der Waals surface area (Å²) >= 11 is 0. The molecule has 0 unspecified atom stereocenters. The van der Waals surface area contributed by atoms with Crippen molar-refractivity contribution in [1.29, 1.82) is 0 Å². The minimum Gasteiger partial charge on any atom is -0.464 e. The molecule has 0 spiro atoms. The number of rotatable bonds is 5. The van der Waals surface area contributed by atoms with Crippen LogP contribution in [0.3, 0.4) is 0 Å². The van der Waals surface area contributed by atoms with Gasteiger partial charge in [-0.05, 0) is 37.5 Å². The van der Waals surface area contributed by atoms with Crippen molar-refractivity contribution in [3.8, 4) is 0 Å². The van der Waals surface area contributed by atoms with Crippen LogP contribution in [-0.2, 0) is 14.3 Å². The Kier molecular flexibility index (Phi) is 4.99. The predicted molar refractivity (Wildman–Crippen MR) is 91.7 cm³/mol. The van der Waals surface area contributed by atoms with Crippen LogP contribution in [0.15, 0.2) is 22.6 Å². The Morgan fingerprint density at radius 3 is 2.68 bits per heavy atom. The van der Waals surface area contributed by atoms with Crippen LogP contribution in [0.2, 0.25) is 0 Å². The molecule has 1 aromatic rings. The van der Waals surface area contributed by atoms with Gasteiger partial charge in [-0.15, -0.1) is 0 Å². The number of esters is 1. The van der Waals surface area contributed by atoms with Crippen molar-refractivity contribution >= 4 is 18.0 Å². The molecule has 1 aromatic heterocycles. The summed E-state index contributed by atoms with van der Waals surface area (Å²) in [7, 11) is 0. The fraction of sp³-hybridized carbons (Fsp3) is 0.579. The van der Waals surface area contributed by atoms with Crippen LogP contribution < -0.4 is 0 Å². The Morgan fingerprint density at radius 1 is 1.40 bits per heavy atom. The molecule has 0 bridgehead atoms. The molecule has 1 saturated heterocycles. The molecule has 3 rings (SSSR count). The lowest BCUT2D eigenvalue weighted by molar-refractivity contribution is -0.171. The summed E-state index contributed by atoms with van der Waals surface area (Å²) in [4.78, 5) is 25.7. The third-order valence-electron chi connectivity index (χ3n) is 5.07. The van der Waals surface area contributed by atoms with E-state index in [4.69, 9.17) is 9.15 Å². The molecule has 6 nitrogen and oxygen atoms in total. The van der Waals surface area contributed by atoms with E-state index in [1.807, 2.05) is 12.1 Å². The van der Waals surface area contributed by atoms with E-state index >= 15 is 0 Å². The fourth-order valence-electron chi connectivity index (χ4n) is 3.20. The first-order chi connectivity index (χ1) is 11.9. The van der Waals surface area contributed by atoms with Crippen LogP contribution in [0.25, 0.3) is 6.08 Å². The van der Waals surface area contributed by atoms with Crippen LogP contribution in [0.4, 0.5) is 0 Å². The minimum absolute atomic E-state index is 0.149. The summed E-state index contributed by atoms with van der Waals surface area (Å²) < 4.78 is 10.6. The Hall–Kier alpha value is -2.08. The maximum absolute atomic E-state index is 12.3. The quantitative estimate of drug-likeness (QED) is 0.653. The highest BCUT2D eigenvalue weighted by Crippen LogP contribution is 2.47. The molecule has 136 valence electrons. The number of aliphatic hydroxyl groups is 1. The monoisotopic (exact) mass is 347 g/mol. The van der Waals surface area contributed by atoms with Gasteiger partial charge in [-0.2, -0.15) is 0 Å². The summed E-state index contributed by atoms with van der Waals surface area (Å²) in [5, 5.41) is 10.3. The molecular weight excluding hydrogens is 322 g/mol. The number of piperidine rings is 1. The lowest BCUT2D eigenvalue weighted by Gasteiger charge is -2.35. The molecule has 0 radical (unpaired) electrons. The van der Waals surface area contributed by atoms with Crippen molar-refractivity contribution in [3.05, 3.63) is 29.7 Å². The summed E-state index contributed by atoms with van der Waals surface area (Å²) in [6.45, 7) is 4.77. The van der Waals surface area contributed by atoms with Crippen molar-refractivity contribution in [2.75, 3.05) is 19.7 Å². The number of hydrogen-bond donors (Lipinski definition) is 1. The molecule has 2 heterocycles. The van der Waals surface area contributed by atoms with Crippen LogP contribution in [0.1, 0.15) is 50.5 Å². The number of carbonyl (C=O) groups is 2. The Balaban J connectivity index is 1.52. The van der Waals surface area contributed by atoms with E-state index in [1.54, 1.807) is 17.9 Å². The van der Waals surface area contributed by atoms with Gasteiger partial charge in [0.15, 0.2) is 5.60 Å². The molecule has 0 aromatic carbocycles. The third kappa shape index (κ3) is 3.95. The topological polar surface area (TPSA) is 80.0 Å². The maximum Gasteiger partial charge on any atom is 0.338 e. The van der Waals surface area contributed by atoms with E-state index in [0.717, 1.165) is 12.2 Å². The van der Waals surface area contributed by atoms with Crippen LogP contribution in [0, 0.1) is 5.92 Å². The van der Waals surface area contributed by atoms with Gasteiger partial charge in [0.05, 0.1) is 6.61 Å². The SMILES string of the molecule is CCOC(=O)C1(O)CCN(C(=O)/C=C\c2ccc([C@@H]3C[C@@H]3C)o2)CC1. The molecule has 1 amide bonds. The lowest BCUT2D eigenvalue weighted by atomic mass is 9.91. The molecule has 2 atom stereocenters. The van der Waals surface area contributed by atoms with Crippen LogP contribution in [0.5, 0.6) is 0 Å². The minimum atomic E-state index is -1.48. The first kappa shape index (κ1) is 17.7. The average molecular weight is 347 g/mol. The zero-order valence-electron chi connectivity index (χ0n) is 14.7. The van der Waals surface area contributed by atoms with Gasteiger partial charge >= 0.3 is 5.97 Å². The fourth-order valence-corrected chi connectivity index (χ4v) is 3.20. The summed E-state index contributed by atoms with van der Waals surface area (Å²) in [5.41, 5.74) is -1.48. The highest BCUT2D eigenvalue weighted by molar-refractivity contribution is 5.91. The van der Waals surface area contributed by atoms with Gasteiger partial charge < -0.3 is 19.2 Å². The molecule has 2 fully saturated rings. The van der Waals surface area contributed by atoms with E-state index in [0.29, 0.717) is 30.7 Å². The van der Waals surface area contributed by atoms with Gasteiger partial charge in [0.1, 0.15) is 11.5 Å². The zero-order valence-corrected chi connectivity index (χ0v) is 14.7. The molecule has 25 heavy (non-hydrogen) atoms. The third-order valence-corrected chi connectivity index (χ3v) is 5.07. The van der Waals surface area contributed by atoms with Gasteiger partial charge in [-0.1, -0.05) is 6.92 Å².